The molecule has 2 aromatic rings. The fourth-order valence-corrected chi connectivity index (χ4v) is 2.89. The first-order valence-electron chi connectivity index (χ1n) is 8.47. The number of carboxylic acids is 1. The van der Waals surface area contributed by atoms with Crippen LogP contribution in [-0.4, -0.2) is 33.4 Å². The molecule has 0 aliphatic rings. The summed E-state index contributed by atoms with van der Waals surface area (Å²) in [6, 6.07) is 13.0. The van der Waals surface area contributed by atoms with Crippen molar-refractivity contribution < 1.29 is 38.3 Å². The molecular weight excluding hydrogens is 403 g/mol. The molecule has 0 bridgehead atoms. The van der Waals surface area contributed by atoms with Gasteiger partial charge in [-0.2, -0.15) is 0 Å². The predicted octanol–water partition coefficient (Wildman–Crippen LogP) is 1.91. The molecule has 0 spiro atoms. The van der Waals surface area contributed by atoms with Crippen LogP contribution in [0, 0.1) is 0 Å². The van der Waals surface area contributed by atoms with Crippen molar-refractivity contribution in [3.63, 3.8) is 0 Å². The van der Waals surface area contributed by atoms with Crippen LogP contribution in [0.4, 0.5) is 0 Å². The topological polar surface area (TPSA) is 161 Å². The number of phenols is 1. The lowest BCUT2D eigenvalue weighted by Crippen LogP contribution is -2.54. The second-order valence-corrected chi connectivity index (χ2v) is 7.83. The molecule has 10 nitrogen and oxygen atoms in total. The third-order valence-corrected chi connectivity index (χ3v) is 4.93. The summed E-state index contributed by atoms with van der Waals surface area (Å²) in [7, 11) is -4.36. The minimum atomic E-state index is -4.36. The molecule has 0 fully saturated rings. The number of ether oxygens (including phenoxy) is 1. The zero-order chi connectivity index (χ0) is 21.5. The number of nitrogens with two attached hydrogens (primary N) is 1. The molecule has 0 radical (unpaired) electrons. The maximum absolute atomic E-state index is 11.9. The van der Waals surface area contributed by atoms with Crippen LogP contribution in [0.15, 0.2) is 48.5 Å². The molecule has 11 heteroatoms. The van der Waals surface area contributed by atoms with Gasteiger partial charge in [0.05, 0.1) is 6.61 Å². The number of benzene rings is 2. The van der Waals surface area contributed by atoms with Gasteiger partial charge in [0, 0.05) is 6.42 Å². The average Bonchev–Trinajstić information content (AvgIpc) is 2.68. The molecule has 0 amide bonds. The number of hydrogen-bond acceptors (Lipinski definition) is 8. The van der Waals surface area contributed by atoms with Crippen molar-refractivity contribution in [2.45, 2.75) is 25.5 Å². The van der Waals surface area contributed by atoms with E-state index in [9.17, 15) is 24.5 Å². The van der Waals surface area contributed by atoms with Crippen LogP contribution < -0.4 is 16.0 Å². The number of hydrogen-bond donors (Lipinski definition) is 5. The summed E-state index contributed by atoms with van der Waals surface area (Å²) < 4.78 is 26.6. The summed E-state index contributed by atoms with van der Waals surface area (Å²) in [5.74, 6) is 3.83. The van der Waals surface area contributed by atoms with Crippen LogP contribution in [-0.2, 0) is 31.4 Å². The first kappa shape index (κ1) is 22.8. The molecule has 2 rings (SSSR count). The molecule has 0 aromatic heterocycles. The standard InChI is InChI=1S/C18H23N2O8P/c1-18(20-19,17(22)23)10-14-7-8-16(15(21)9-14)26-12-28-29(24,25)27-11-13-5-3-2-4-6-13/h2-9,20-21H,10-12,19H2,1H3,(H,22,23)(H,24,25)/t18-/m0/s1. The zero-order valence-corrected chi connectivity index (χ0v) is 16.5. The summed E-state index contributed by atoms with van der Waals surface area (Å²) in [6.45, 7) is 0.637. The number of carboxylic acid groups (broad SMARTS) is 1. The quantitative estimate of drug-likeness (QED) is 0.155. The number of aliphatic carboxylic acids is 1. The van der Waals surface area contributed by atoms with E-state index in [1.165, 1.54) is 25.1 Å². The number of carbonyl (C=O) groups is 1. The van der Waals surface area contributed by atoms with Gasteiger partial charge in [0.15, 0.2) is 11.5 Å². The van der Waals surface area contributed by atoms with Crippen LogP contribution in [0.25, 0.3) is 0 Å². The third-order valence-electron chi connectivity index (χ3n) is 4.04. The van der Waals surface area contributed by atoms with E-state index in [0.29, 0.717) is 11.1 Å². The van der Waals surface area contributed by atoms with E-state index in [0.717, 1.165) is 0 Å². The molecule has 6 N–H and O–H groups in total. The maximum Gasteiger partial charge on any atom is 0.475 e. The van der Waals surface area contributed by atoms with Gasteiger partial charge in [-0.3, -0.25) is 15.2 Å². The first-order valence-corrected chi connectivity index (χ1v) is 9.96. The summed E-state index contributed by atoms with van der Waals surface area (Å²) in [4.78, 5) is 20.9. The molecule has 0 aliphatic heterocycles. The molecule has 0 saturated carbocycles. The summed E-state index contributed by atoms with van der Waals surface area (Å²) in [5.41, 5.74) is 1.99. The molecule has 2 aromatic carbocycles. The Labute approximate surface area is 167 Å². The summed E-state index contributed by atoms with van der Waals surface area (Å²) in [5, 5.41) is 19.3. The number of hydrazine groups is 1. The van der Waals surface area contributed by atoms with E-state index in [-0.39, 0.29) is 24.5 Å². The average molecular weight is 426 g/mol. The number of nitrogens with one attached hydrogen (secondary N) is 1. The number of aromatic hydroxyl groups is 1. The van der Waals surface area contributed by atoms with Crippen molar-refractivity contribution in [2.75, 3.05) is 6.79 Å². The van der Waals surface area contributed by atoms with Crippen molar-refractivity contribution in [1.82, 2.24) is 5.43 Å². The lowest BCUT2D eigenvalue weighted by Gasteiger charge is -2.23. The van der Waals surface area contributed by atoms with Crippen LogP contribution in [0.3, 0.4) is 0 Å². The zero-order valence-electron chi connectivity index (χ0n) is 15.6. The normalized spacial score (nSPS) is 15.3. The molecule has 1 unspecified atom stereocenters. The highest BCUT2D eigenvalue weighted by atomic mass is 31.2. The van der Waals surface area contributed by atoms with Crippen molar-refractivity contribution >= 4 is 13.8 Å². The maximum atomic E-state index is 11.9. The second-order valence-electron chi connectivity index (χ2n) is 6.38. The Morgan fingerprint density at radius 3 is 2.45 bits per heavy atom. The van der Waals surface area contributed by atoms with E-state index in [1.54, 1.807) is 30.3 Å². The highest BCUT2D eigenvalue weighted by Gasteiger charge is 2.32. The summed E-state index contributed by atoms with van der Waals surface area (Å²) >= 11 is 0. The number of phosphoric acid groups is 1. The fraction of sp³-hybridized carbons (Fsp3) is 0.278. The van der Waals surface area contributed by atoms with Gasteiger partial charge in [-0.25, -0.2) is 14.5 Å². The van der Waals surface area contributed by atoms with Gasteiger partial charge < -0.3 is 19.8 Å². The lowest BCUT2D eigenvalue weighted by molar-refractivity contribution is -0.144. The molecule has 158 valence electrons. The van der Waals surface area contributed by atoms with Crippen LogP contribution in [0.5, 0.6) is 11.5 Å². The Bertz CT molecular complexity index is 879. The van der Waals surface area contributed by atoms with Gasteiger partial charge in [-0.15, -0.1) is 0 Å². The van der Waals surface area contributed by atoms with Gasteiger partial charge in [-0.1, -0.05) is 36.4 Å². The Kier molecular flexibility index (Phi) is 7.74. The minimum absolute atomic E-state index is 0.00232. The molecule has 29 heavy (non-hydrogen) atoms. The number of phosphoric ester groups is 1. The predicted molar refractivity (Wildman–Crippen MR) is 103 cm³/mol. The highest BCUT2D eigenvalue weighted by molar-refractivity contribution is 7.47. The highest BCUT2D eigenvalue weighted by Crippen LogP contribution is 2.44. The minimum Gasteiger partial charge on any atom is -0.504 e. The van der Waals surface area contributed by atoms with Gasteiger partial charge in [0.2, 0.25) is 6.79 Å². The molecule has 0 aliphatic carbocycles. The van der Waals surface area contributed by atoms with Gasteiger partial charge in [0.25, 0.3) is 0 Å². The Balaban J connectivity index is 1.89. The van der Waals surface area contributed by atoms with E-state index in [2.05, 4.69) is 5.43 Å². The molecular formula is C18H23N2O8P. The van der Waals surface area contributed by atoms with Gasteiger partial charge in [0.1, 0.15) is 5.54 Å². The third kappa shape index (κ3) is 6.82. The van der Waals surface area contributed by atoms with Crippen molar-refractivity contribution in [3.8, 4) is 11.5 Å². The SMILES string of the molecule is C[C@@](Cc1ccc(OCOP(=O)(O)OCc2ccccc2)c(O)c1)(NN)C(=O)O. The largest absolute Gasteiger partial charge is 0.504 e. The smallest absolute Gasteiger partial charge is 0.475 e. The van der Waals surface area contributed by atoms with Crippen molar-refractivity contribution in [2.24, 2.45) is 5.84 Å². The Hall–Kier alpha value is -2.46. The second kappa shape index (κ2) is 9.84. The number of rotatable bonds is 11. The Morgan fingerprint density at radius 2 is 1.86 bits per heavy atom. The number of phenolic OH excluding ortho intramolecular Hbond substituents is 1. The molecule has 0 heterocycles. The van der Waals surface area contributed by atoms with E-state index < -0.39 is 26.1 Å². The van der Waals surface area contributed by atoms with Crippen LogP contribution in [0.2, 0.25) is 0 Å². The summed E-state index contributed by atoms with van der Waals surface area (Å²) in [6.07, 6.45) is 0.00232. The van der Waals surface area contributed by atoms with Crippen LogP contribution >= 0.6 is 7.82 Å². The van der Waals surface area contributed by atoms with Crippen LogP contribution in [0.1, 0.15) is 18.1 Å². The first-order chi connectivity index (χ1) is 13.6. The van der Waals surface area contributed by atoms with E-state index in [4.69, 9.17) is 19.6 Å². The van der Waals surface area contributed by atoms with Crippen molar-refractivity contribution in [1.29, 1.82) is 0 Å². The van der Waals surface area contributed by atoms with E-state index >= 15 is 0 Å². The lowest BCUT2D eigenvalue weighted by atomic mass is 9.93. The van der Waals surface area contributed by atoms with Gasteiger partial charge in [-0.05, 0) is 30.2 Å². The van der Waals surface area contributed by atoms with E-state index in [1.807, 2.05) is 0 Å². The monoisotopic (exact) mass is 426 g/mol. The molecule has 0 saturated heterocycles. The van der Waals surface area contributed by atoms with Crippen molar-refractivity contribution in [3.05, 3.63) is 59.7 Å². The Morgan fingerprint density at radius 1 is 1.17 bits per heavy atom. The van der Waals surface area contributed by atoms with Gasteiger partial charge >= 0.3 is 13.8 Å². The molecule has 2 atom stereocenters. The fourth-order valence-electron chi connectivity index (χ4n) is 2.32.